The highest BCUT2D eigenvalue weighted by molar-refractivity contribution is 6.30. The first-order chi connectivity index (χ1) is 7.51. The van der Waals surface area contributed by atoms with Crippen LogP contribution in [0.3, 0.4) is 0 Å². The Kier molecular flexibility index (Phi) is 2.11. The van der Waals surface area contributed by atoms with Crippen LogP contribution in [0, 0.1) is 5.41 Å². The van der Waals surface area contributed by atoms with Gasteiger partial charge in [-0.1, -0.05) is 23.7 Å². The van der Waals surface area contributed by atoms with Gasteiger partial charge in [-0.15, -0.1) is 0 Å². The van der Waals surface area contributed by atoms with Gasteiger partial charge in [0.2, 0.25) is 0 Å². The van der Waals surface area contributed by atoms with E-state index < -0.39 is 5.67 Å². The SMILES string of the molecule is NC1CC2(C1)CC(F)(c1ccc(Cl)cc1)C2. The zero-order valence-electron chi connectivity index (χ0n) is 9.05. The van der Waals surface area contributed by atoms with Crippen molar-refractivity contribution in [3.8, 4) is 0 Å². The molecule has 2 aliphatic carbocycles. The zero-order chi connectivity index (χ0) is 11.4. The second-order valence-electron chi connectivity index (χ2n) is 5.49. The molecule has 1 aromatic carbocycles. The number of halogens is 2. The van der Waals surface area contributed by atoms with Gasteiger partial charge in [-0.25, -0.2) is 4.39 Å². The number of hydrogen-bond donors (Lipinski definition) is 1. The van der Waals surface area contributed by atoms with Crippen molar-refractivity contribution in [3.63, 3.8) is 0 Å². The van der Waals surface area contributed by atoms with Gasteiger partial charge >= 0.3 is 0 Å². The quantitative estimate of drug-likeness (QED) is 0.799. The second-order valence-corrected chi connectivity index (χ2v) is 5.93. The fraction of sp³-hybridized carbons (Fsp3) is 0.538. The molecule has 86 valence electrons. The minimum absolute atomic E-state index is 0.216. The van der Waals surface area contributed by atoms with Crippen molar-refractivity contribution < 1.29 is 4.39 Å². The number of hydrogen-bond acceptors (Lipinski definition) is 1. The van der Waals surface area contributed by atoms with E-state index >= 15 is 0 Å². The van der Waals surface area contributed by atoms with E-state index in [0.29, 0.717) is 23.9 Å². The first kappa shape index (κ1) is 10.5. The van der Waals surface area contributed by atoms with Gasteiger partial charge in [0.25, 0.3) is 0 Å². The highest BCUT2D eigenvalue weighted by Crippen LogP contribution is 2.65. The number of rotatable bonds is 1. The Morgan fingerprint density at radius 1 is 1.19 bits per heavy atom. The largest absolute Gasteiger partial charge is 0.328 e. The van der Waals surface area contributed by atoms with Gasteiger partial charge in [0.1, 0.15) is 5.67 Å². The molecule has 0 aliphatic heterocycles. The zero-order valence-corrected chi connectivity index (χ0v) is 9.80. The lowest BCUT2D eigenvalue weighted by atomic mass is 9.48. The molecule has 3 rings (SSSR count). The maximum atomic E-state index is 14.5. The number of nitrogens with two attached hydrogens (primary N) is 1. The molecule has 0 unspecified atom stereocenters. The van der Waals surface area contributed by atoms with Gasteiger partial charge in [-0.05, 0) is 48.8 Å². The summed E-state index contributed by atoms with van der Waals surface area (Å²) >= 11 is 5.80. The molecule has 0 bridgehead atoms. The van der Waals surface area contributed by atoms with Gasteiger partial charge in [0.05, 0.1) is 0 Å². The monoisotopic (exact) mass is 239 g/mol. The predicted molar refractivity (Wildman–Crippen MR) is 63.1 cm³/mol. The summed E-state index contributed by atoms with van der Waals surface area (Å²) in [4.78, 5) is 0. The minimum atomic E-state index is -1.13. The van der Waals surface area contributed by atoms with Crippen LogP contribution in [0.5, 0.6) is 0 Å². The topological polar surface area (TPSA) is 26.0 Å². The molecule has 1 spiro atoms. The maximum Gasteiger partial charge on any atom is 0.137 e. The highest BCUT2D eigenvalue weighted by atomic mass is 35.5. The molecule has 0 amide bonds. The van der Waals surface area contributed by atoms with Crippen molar-refractivity contribution in [2.45, 2.75) is 37.4 Å². The van der Waals surface area contributed by atoms with Crippen molar-refractivity contribution in [3.05, 3.63) is 34.9 Å². The molecule has 0 saturated heterocycles. The summed E-state index contributed by atoms with van der Waals surface area (Å²) in [6, 6.07) is 7.42. The molecule has 2 fully saturated rings. The maximum absolute atomic E-state index is 14.5. The Hall–Kier alpha value is -0.600. The summed E-state index contributed by atoms with van der Waals surface area (Å²) in [5.41, 5.74) is 5.62. The summed E-state index contributed by atoms with van der Waals surface area (Å²) in [6.07, 6.45) is 3.25. The van der Waals surface area contributed by atoms with E-state index in [-0.39, 0.29) is 5.41 Å². The smallest absolute Gasteiger partial charge is 0.137 e. The third-order valence-electron chi connectivity index (χ3n) is 4.06. The Morgan fingerprint density at radius 2 is 1.75 bits per heavy atom. The lowest BCUT2D eigenvalue weighted by molar-refractivity contribution is -0.127. The third-order valence-corrected chi connectivity index (χ3v) is 4.31. The predicted octanol–water partition coefficient (Wildman–Crippen LogP) is 3.41. The van der Waals surface area contributed by atoms with E-state index in [1.165, 1.54) is 0 Å². The van der Waals surface area contributed by atoms with Crippen molar-refractivity contribution in [2.24, 2.45) is 11.1 Å². The van der Waals surface area contributed by atoms with Gasteiger partial charge in [-0.3, -0.25) is 0 Å². The normalized spacial score (nSPS) is 41.6. The van der Waals surface area contributed by atoms with E-state index in [1.54, 1.807) is 24.3 Å². The molecule has 0 heterocycles. The molecule has 1 aromatic rings. The lowest BCUT2D eigenvalue weighted by Gasteiger charge is -2.59. The van der Waals surface area contributed by atoms with Crippen molar-refractivity contribution in [1.82, 2.24) is 0 Å². The average Bonchev–Trinajstić information content (AvgIpc) is 2.14. The highest BCUT2D eigenvalue weighted by Gasteiger charge is 2.60. The van der Waals surface area contributed by atoms with Crippen molar-refractivity contribution >= 4 is 11.6 Å². The van der Waals surface area contributed by atoms with Gasteiger partial charge in [-0.2, -0.15) is 0 Å². The van der Waals surface area contributed by atoms with Gasteiger partial charge < -0.3 is 5.73 Å². The van der Waals surface area contributed by atoms with Crippen LogP contribution < -0.4 is 5.73 Å². The molecule has 0 atom stereocenters. The van der Waals surface area contributed by atoms with Crippen LogP contribution in [-0.2, 0) is 5.67 Å². The Balaban J connectivity index is 1.75. The van der Waals surface area contributed by atoms with Gasteiger partial charge in [0, 0.05) is 11.1 Å². The molecule has 16 heavy (non-hydrogen) atoms. The van der Waals surface area contributed by atoms with E-state index in [9.17, 15) is 4.39 Å². The van der Waals surface area contributed by atoms with Gasteiger partial charge in [0.15, 0.2) is 0 Å². The van der Waals surface area contributed by atoms with Crippen LogP contribution in [0.1, 0.15) is 31.2 Å². The molecule has 0 aromatic heterocycles. The summed E-state index contributed by atoms with van der Waals surface area (Å²) in [5.74, 6) is 0. The van der Waals surface area contributed by atoms with E-state index in [1.807, 2.05) is 0 Å². The molecule has 0 radical (unpaired) electrons. The lowest BCUT2D eigenvalue weighted by Crippen LogP contribution is -2.58. The van der Waals surface area contributed by atoms with Crippen LogP contribution in [0.15, 0.2) is 24.3 Å². The Bertz CT molecular complexity index is 400. The third kappa shape index (κ3) is 1.47. The second kappa shape index (κ2) is 3.21. The standard InChI is InChI=1S/C13H15ClFN/c14-10-3-1-9(2-4-10)13(15)7-12(8-13)5-11(16)6-12/h1-4,11H,5-8,16H2. The van der Waals surface area contributed by atoms with Crippen LogP contribution >= 0.6 is 11.6 Å². The fourth-order valence-electron chi connectivity index (χ4n) is 3.43. The van der Waals surface area contributed by atoms with Crippen LogP contribution in [0.4, 0.5) is 4.39 Å². The fourth-order valence-corrected chi connectivity index (χ4v) is 3.56. The van der Waals surface area contributed by atoms with Crippen molar-refractivity contribution in [1.29, 1.82) is 0 Å². The molecule has 3 heteroatoms. The van der Waals surface area contributed by atoms with E-state index in [0.717, 1.165) is 18.4 Å². The van der Waals surface area contributed by atoms with Crippen LogP contribution in [-0.4, -0.2) is 6.04 Å². The van der Waals surface area contributed by atoms with Crippen LogP contribution in [0.25, 0.3) is 0 Å². The molecule has 2 saturated carbocycles. The summed E-state index contributed by atoms with van der Waals surface area (Å²) in [7, 11) is 0. The molecule has 2 N–H and O–H groups in total. The van der Waals surface area contributed by atoms with Crippen molar-refractivity contribution in [2.75, 3.05) is 0 Å². The van der Waals surface area contributed by atoms with E-state index in [2.05, 4.69) is 0 Å². The Labute approximate surface area is 99.8 Å². The molecular formula is C13H15ClFN. The first-order valence-electron chi connectivity index (χ1n) is 5.72. The summed E-state index contributed by atoms with van der Waals surface area (Å²) in [5, 5.41) is 0.659. The summed E-state index contributed by atoms with van der Waals surface area (Å²) in [6.45, 7) is 0. The summed E-state index contributed by atoms with van der Waals surface area (Å²) < 4.78 is 14.5. The minimum Gasteiger partial charge on any atom is -0.328 e. The first-order valence-corrected chi connectivity index (χ1v) is 6.10. The number of alkyl halides is 1. The Morgan fingerprint density at radius 3 is 2.25 bits per heavy atom. The molecule has 1 nitrogen and oxygen atoms in total. The molecule has 2 aliphatic rings. The van der Waals surface area contributed by atoms with Crippen LogP contribution in [0.2, 0.25) is 5.02 Å². The average molecular weight is 240 g/mol. The number of benzene rings is 1. The molecular weight excluding hydrogens is 225 g/mol. The van der Waals surface area contributed by atoms with E-state index in [4.69, 9.17) is 17.3 Å².